The van der Waals surface area contributed by atoms with E-state index in [9.17, 15) is 9.90 Å². The molecule has 4 heterocycles. The van der Waals surface area contributed by atoms with Crippen LogP contribution in [0.5, 0.6) is 5.75 Å². The Labute approximate surface area is 202 Å². The molecule has 0 spiro atoms. The Morgan fingerprint density at radius 1 is 1.06 bits per heavy atom. The van der Waals surface area contributed by atoms with Gasteiger partial charge in [0.15, 0.2) is 5.78 Å². The summed E-state index contributed by atoms with van der Waals surface area (Å²) in [6, 6.07) is 14.3. The molecule has 5 aromatic rings. The number of Topliss-reactive ketones (excluding diaryl/α,β-unsaturated/α-hetero) is 1. The summed E-state index contributed by atoms with van der Waals surface area (Å²) in [5.74, 6) is 0.634. The summed E-state index contributed by atoms with van der Waals surface area (Å²) < 4.78 is 11.8. The van der Waals surface area contributed by atoms with E-state index in [1.54, 1.807) is 6.07 Å². The minimum absolute atomic E-state index is 0.172. The molecule has 1 saturated heterocycles. The second-order valence-corrected chi connectivity index (χ2v) is 10.7. The smallest absolute Gasteiger partial charge is 0.164 e. The molecule has 0 unspecified atom stereocenters. The summed E-state index contributed by atoms with van der Waals surface area (Å²) in [6.45, 7) is 4.45. The number of ketones is 1. The van der Waals surface area contributed by atoms with E-state index in [4.69, 9.17) is 4.74 Å². The average Bonchev–Trinajstić information content (AvgIpc) is 3.48. The number of rotatable bonds is 1. The lowest BCUT2D eigenvalue weighted by atomic mass is 9.85. The summed E-state index contributed by atoms with van der Waals surface area (Å²) in [6.07, 6.45) is 1.95. The van der Waals surface area contributed by atoms with E-state index in [0.29, 0.717) is 6.42 Å². The first-order chi connectivity index (χ1) is 16.9. The molecule has 2 aromatic heterocycles. The highest BCUT2D eigenvalue weighted by Crippen LogP contribution is 2.55. The van der Waals surface area contributed by atoms with Crippen LogP contribution >= 0.6 is 0 Å². The number of nitrogens with zero attached hydrogens (tertiary/aromatic N) is 2. The van der Waals surface area contributed by atoms with E-state index in [1.165, 1.54) is 0 Å². The van der Waals surface area contributed by atoms with Gasteiger partial charge in [0.2, 0.25) is 0 Å². The van der Waals surface area contributed by atoms with E-state index >= 15 is 0 Å². The van der Waals surface area contributed by atoms with Crippen molar-refractivity contribution < 1.29 is 14.6 Å². The van der Waals surface area contributed by atoms with Gasteiger partial charge in [0.1, 0.15) is 17.7 Å². The number of hydrogen-bond donors (Lipinski definition) is 2. The highest BCUT2D eigenvalue weighted by Gasteiger charge is 2.50. The Bertz CT molecular complexity index is 1780. The molecule has 8 rings (SSSR count). The first-order valence-corrected chi connectivity index (χ1v) is 12.6. The standard InChI is InChI=1S/C29H27N3O3/c1-14-19(30-3)13-23-31-20-7-5-4-6-16(20)26-25-18(10-11-22(25)34)24-17-9-8-15(33)12-21(17)32(28(24)27(26)31)29(14,2)35-23/h4-9,12,14,19,23,30,33H,10-11,13H2,1-3H3/t14-,19-,23-,29+/m1/s1. The number of aryl methyl sites for hydroxylation is 1. The number of ether oxygens (including phenoxy) is 1. The van der Waals surface area contributed by atoms with Crippen molar-refractivity contribution in [2.75, 3.05) is 7.05 Å². The maximum atomic E-state index is 13.4. The molecule has 3 aliphatic rings. The number of aromatic nitrogens is 2. The molecule has 3 aromatic carbocycles. The Morgan fingerprint density at radius 3 is 2.69 bits per heavy atom. The van der Waals surface area contributed by atoms with Crippen LogP contribution in [-0.2, 0) is 16.9 Å². The monoisotopic (exact) mass is 465 g/mol. The number of carbonyl (C=O) groups is 1. The van der Waals surface area contributed by atoms with Crippen molar-refractivity contribution in [3.8, 4) is 5.75 Å². The first kappa shape index (κ1) is 19.9. The highest BCUT2D eigenvalue weighted by molar-refractivity contribution is 6.31. The second-order valence-electron chi connectivity index (χ2n) is 10.7. The minimum atomic E-state index is -0.645. The molecule has 2 bridgehead atoms. The summed E-state index contributed by atoms with van der Waals surface area (Å²) in [5, 5.41) is 18.5. The Morgan fingerprint density at radius 2 is 1.86 bits per heavy atom. The van der Waals surface area contributed by atoms with Crippen LogP contribution in [0.2, 0.25) is 0 Å². The molecule has 1 aliphatic carbocycles. The van der Waals surface area contributed by atoms with E-state index in [1.807, 2.05) is 19.2 Å². The number of phenolic OH excluding ortho intramolecular Hbond substituents is 1. The predicted octanol–water partition coefficient (Wildman–Crippen LogP) is 5.57. The predicted molar refractivity (Wildman–Crippen MR) is 137 cm³/mol. The van der Waals surface area contributed by atoms with Crippen LogP contribution in [-0.4, -0.2) is 33.1 Å². The molecular weight excluding hydrogens is 438 g/mol. The van der Waals surface area contributed by atoms with Crippen molar-refractivity contribution in [2.24, 2.45) is 5.92 Å². The maximum Gasteiger partial charge on any atom is 0.164 e. The molecule has 4 atom stereocenters. The van der Waals surface area contributed by atoms with Crippen LogP contribution in [0.3, 0.4) is 0 Å². The number of para-hydroxylation sites is 1. The zero-order valence-corrected chi connectivity index (χ0v) is 20.1. The van der Waals surface area contributed by atoms with Gasteiger partial charge in [-0.1, -0.05) is 25.1 Å². The van der Waals surface area contributed by atoms with E-state index in [0.717, 1.165) is 67.6 Å². The number of nitrogens with one attached hydrogen (secondary N) is 1. The highest BCUT2D eigenvalue weighted by atomic mass is 16.5. The fourth-order valence-electron chi connectivity index (χ4n) is 7.52. The van der Waals surface area contributed by atoms with Crippen LogP contribution in [0.4, 0.5) is 0 Å². The van der Waals surface area contributed by atoms with Crippen molar-refractivity contribution in [1.29, 1.82) is 0 Å². The van der Waals surface area contributed by atoms with E-state index in [-0.39, 0.29) is 29.7 Å². The van der Waals surface area contributed by atoms with Crippen LogP contribution in [0, 0.1) is 5.92 Å². The zero-order valence-electron chi connectivity index (χ0n) is 20.1. The van der Waals surface area contributed by atoms with Crippen LogP contribution in [0.1, 0.15) is 48.8 Å². The molecule has 0 radical (unpaired) electrons. The second kappa shape index (κ2) is 6.25. The molecule has 6 heteroatoms. The van der Waals surface area contributed by atoms with Gasteiger partial charge in [-0.25, -0.2) is 0 Å². The van der Waals surface area contributed by atoms with Gasteiger partial charge in [0, 0.05) is 58.0 Å². The molecule has 35 heavy (non-hydrogen) atoms. The van der Waals surface area contributed by atoms with Gasteiger partial charge in [-0.15, -0.1) is 0 Å². The molecule has 0 amide bonds. The Hall–Kier alpha value is -3.35. The minimum Gasteiger partial charge on any atom is -0.508 e. The number of hydrogen-bond acceptors (Lipinski definition) is 4. The van der Waals surface area contributed by atoms with Crippen molar-refractivity contribution in [1.82, 2.24) is 14.5 Å². The lowest BCUT2D eigenvalue weighted by molar-refractivity contribution is -0.224. The molecule has 0 saturated carbocycles. The van der Waals surface area contributed by atoms with Gasteiger partial charge in [-0.05, 0) is 44.2 Å². The molecule has 176 valence electrons. The number of carbonyl (C=O) groups excluding carboxylic acids is 1. The van der Waals surface area contributed by atoms with Crippen molar-refractivity contribution in [3.63, 3.8) is 0 Å². The fraction of sp³-hybridized carbons (Fsp3) is 0.345. The number of aromatic hydroxyl groups is 1. The van der Waals surface area contributed by atoms with Gasteiger partial charge < -0.3 is 24.3 Å². The molecule has 1 fully saturated rings. The first-order valence-electron chi connectivity index (χ1n) is 12.6. The van der Waals surface area contributed by atoms with Crippen molar-refractivity contribution >= 4 is 49.4 Å². The molecule has 2 N–H and O–H groups in total. The van der Waals surface area contributed by atoms with Gasteiger partial charge in [0.25, 0.3) is 0 Å². The third-order valence-electron chi connectivity index (χ3n) is 9.20. The SMILES string of the molecule is CN[C@@H]1C[C@H]2O[C@@](C)([C@@H]1C)n1c3cc(O)ccc3c3c4c(c5c6ccccc6n2c5c31)C(=O)CC4. The van der Waals surface area contributed by atoms with Gasteiger partial charge in [-0.3, -0.25) is 4.79 Å². The van der Waals surface area contributed by atoms with Crippen LogP contribution in [0.25, 0.3) is 43.6 Å². The summed E-state index contributed by atoms with van der Waals surface area (Å²) >= 11 is 0. The largest absolute Gasteiger partial charge is 0.508 e. The Balaban J connectivity index is 1.74. The van der Waals surface area contributed by atoms with E-state index in [2.05, 4.69) is 52.6 Å². The van der Waals surface area contributed by atoms with Crippen molar-refractivity contribution in [3.05, 3.63) is 53.6 Å². The summed E-state index contributed by atoms with van der Waals surface area (Å²) in [7, 11) is 2.03. The van der Waals surface area contributed by atoms with Gasteiger partial charge >= 0.3 is 0 Å². The molecular formula is C29H27N3O3. The summed E-state index contributed by atoms with van der Waals surface area (Å²) in [5.41, 5.74) is 5.66. The Kier molecular flexibility index (Phi) is 3.56. The van der Waals surface area contributed by atoms with Crippen molar-refractivity contribution in [2.45, 2.75) is 51.1 Å². The zero-order chi connectivity index (χ0) is 23.8. The van der Waals surface area contributed by atoms with E-state index < -0.39 is 5.72 Å². The maximum absolute atomic E-state index is 13.4. The lowest BCUT2D eigenvalue weighted by Crippen LogP contribution is -2.54. The molecule has 2 aliphatic heterocycles. The topological polar surface area (TPSA) is 68.4 Å². The quantitative estimate of drug-likeness (QED) is 0.340. The number of fused-ring (bicyclic) bond motifs is 13. The third kappa shape index (κ3) is 2.13. The molecule has 6 nitrogen and oxygen atoms in total. The van der Waals surface area contributed by atoms with Crippen LogP contribution < -0.4 is 5.32 Å². The van der Waals surface area contributed by atoms with Crippen LogP contribution in [0.15, 0.2) is 42.5 Å². The lowest BCUT2D eigenvalue weighted by Gasteiger charge is -2.48. The normalized spacial score (nSPS) is 27.5. The number of benzene rings is 3. The average molecular weight is 466 g/mol. The van der Waals surface area contributed by atoms with Gasteiger partial charge in [-0.2, -0.15) is 0 Å². The third-order valence-corrected chi connectivity index (χ3v) is 9.20. The summed E-state index contributed by atoms with van der Waals surface area (Å²) in [4.78, 5) is 13.4. The number of phenols is 1. The fourth-order valence-corrected chi connectivity index (χ4v) is 7.52. The van der Waals surface area contributed by atoms with Gasteiger partial charge in [0.05, 0.1) is 22.1 Å².